The molecule has 3 rings (SSSR count). The summed E-state index contributed by atoms with van der Waals surface area (Å²) in [5, 5.41) is 3.20. The van der Waals surface area contributed by atoms with Crippen molar-refractivity contribution in [1.82, 2.24) is 5.32 Å². The molecule has 1 N–H and O–H groups in total. The summed E-state index contributed by atoms with van der Waals surface area (Å²) in [6, 6.07) is 12.4. The number of hydrogen-bond donors (Lipinski definition) is 1. The Hall–Kier alpha value is -3.02. The van der Waals surface area contributed by atoms with E-state index in [9.17, 15) is 9.59 Å². The number of carbonyl (C=O) groups is 2. The molecule has 0 radical (unpaired) electrons. The summed E-state index contributed by atoms with van der Waals surface area (Å²) in [6.07, 6.45) is 4.04. The van der Waals surface area contributed by atoms with Gasteiger partial charge in [0.1, 0.15) is 0 Å². The SMILES string of the molecule is CCOc1c(OC)cccc1C1CCCCC1NC(=O)c1ccc(C(=O)OC)cc1. The fraction of sp³-hybridized carbons (Fsp3) is 0.417. The van der Waals surface area contributed by atoms with E-state index < -0.39 is 5.97 Å². The number of esters is 1. The Labute approximate surface area is 177 Å². The Morgan fingerprint density at radius 1 is 1.00 bits per heavy atom. The molecule has 0 aliphatic heterocycles. The Balaban J connectivity index is 1.81. The van der Waals surface area contributed by atoms with Gasteiger partial charge in [0, 0.05) is 23.1 Å². The molecule has 2 atom stereocenters. The van der Waals surface area contributed by atoms with Crippen LogP contribution in [0.25, 0.3) is 0 Å². The number of para-hydroxylation sites is 1. The Morgan fingerprint density at radius 2 is 1.70 bits per heavy atom. The van der Waals surface area contributed by atoms with Gasteiger partial charge >= 0.3 is 5.97 Å². The van der Waals surface area contributed by atoms with Crippen molar-refractivity contribution in [2.24, 2.45) is 0 Å². The molecular formula is C24H29NO5. The molecule has 6 heteroatoms. The molecular weight excluding hydrogens is 382 g/mol. The van der Waals surface area contributed by atoms with E-state index >= 15 is 0 Å². The fourth-order valence-corrected chi connectivity index (χ4v) is 4.09. The maximum Gasteiger partial charge on any atom is 0.337 e. The van der Waals surface area contributed by atoms with Gasteiger partial charge in [-0.3, -0.25) is 4.79 Å². The van der Waals surface area contributed by atoms with Crippen LogP contribution in [-0.2, 0) is 4.74 Å². The van der Waals surface area contributed by atoms with E-state index in [-0.39, 0.29) is 17.9 Å². The number of nitrogens with one attached hydrogen (secondary N) is 1. The molecule has 0 saturated heterocycles. The predicted octanol–water partition coefficient (Wildman–Crippen LogP) is 4.34. The minimum atomic E-state index is -0.421. The highest BCUT2D eigenvalue weighted by Crippen LogP contribution is 2.42. The van der Waals surface area contributed by atoms with Crippen molar-refractivity contribution in [3.63, 3.8) is 0 Å². The number of hydrogen-bond acceptors (Lipinski definition) is 5. The summed E-state index contributed by atoms with van der Waals surface area (Å²) in [5.41, 5.74) is 2.01. The third kappa shape index (κ3) is 4.75. The van der Waals surface area contributed by atoms with Crippen LogP contribution in [0.4, 0.5) is 0 Å². The van der Waals surface area contributed by atoms with Gasteiger partial charge < -0.3 is 19.5 Å². The summed E-state index contributed by atoms with van der Waals surface area (Å²) in [5.74, 6) is 1.05. The molecule has 6 nitrogen and oxygen atoms in total. The largest absolute Gasteiger partial charge is 0.493 e. The zero-order chi connectivity index (χ0) is 21.5. The average Bonchev–Trinajstić information content (AvgIpc) is 2.79. The molecule has 0 aromatic heterocycles. The number of benzene rings is 2. The van der Waals surface area contributed by atoms with Crippen LogP contribution in [0.2, 0.25) is 0 Å². The minimum Gasteiger partial charge on any atom is -0.493 e. The summed E-state index contributed by atoms with van der Waals surface area (Å²) >= 11 is 0. The van der Waals surface area contributed by atoms with Crippen LogP contribution in [0.3, 0.4) is 0 Å². The van der Waals surface area contributed by atoms with E-state index in [1.54, 1.807) is 31.4 Å². The van der Waals surface area contributed by atoms with Gasteiger partial charge in [0.25, 0.3) is 5.91 Å². The number of carbonyl (C=O) groups excluding carboxylic acids is 2. The van der Waals surface area contributed by atoms with Crippen LogP contribution in [0, 0.1) is 0 Å². The molecule has 0 spiro atoms. The summed E-state index contributed by atoms with van der Waals surface area (Å²) in [4.78, 5) is 24.5. The highest BCUT2D eigenvalue weighted by Gasteiger charge is 2.31. The van der Waals surface area contributed by atoms with Crippen molar-refractivity contribution in [3.8, 4) is 11.5 Å². The molecule has 1 fully saturated rings. The molecule has 1 aliphatic rings. The maximum absolute atomic E-state index is 12.9. The first-order chi connectivity index (χ1) is 14.6. The lowest BCUT2D eigenvalue weighted by Crippen LogP contribution is -2.41. The quantitative estimate of drug-likeness (QED) is 0.686. The molecule has 30 heavy (non-hydrogen) atoms. The Kier molecular flexibility index (Phi) is 7.33. The predicted molar refractivity (Wildman–Crippen MR) is 114 cm³/mol. The van der Waals surface area contributed by atoms with Gasteiger partial charge in [-0.15, -0.1) is 0 Å². The van der Waals surface area contributed by atoms with Crippen molar-refractivity contribution in [1.29, 1.82) is 0 Å². The van der Waals surface area contributed by atoms with E-state index in [4.69, 9.17) is 14.2 Å². The van der Waals surface area contributed by atoms with E-state index in [0.717, 1.165) is 37.0 Å². The zero-order valence-corrected chi connectivity index (χ0v) is 17.8. The van der Waals surface area contributed by atoms with Crippen molar-refractivity contribution < 1.29 is 23.8 Å². The Morgan fingerprint density at radius 3 is 2.37 bits per heavy atom. The van der Waals surface area contributed by atoms with E-state index in [1.807, 2.05) is 19.1 Å². The van der Waals surface area contributed by atoms with Crippen molar-refractivity contribution in [2.75, 3.05) is 20.8 Å². The molecule has 2 aromatic rings. The highest BCUT2D eigenvalue weighted by molar-refractivity contribution is 5.96. The average molecular weight is 411 g/mol. The number of ether oxygens (including phenoxy) is 3. The maximum atomic E-state index is 12.9. The van der Waals surface area contributed by atoms with Gasteiger partial charge in [0.05, 0.1) is 26.4 Å². The molecule has 1 aliphatic carbocycles. The first-order valence-electron chi connectivity index (χ1n) is 10.4. The summed E-state index contributed by atoms with van der Waals surface area (Å²) in [6.45, 7) is 2.50. The lowest BCUT2D eigenvalue weighted by atomic mass is 9.79. The second-order valence-electron chi connectivity index (χ2n) is 7.35. The van der Waals surface area contributed by atoms with Gasteiger partial charge in [-0.2, -0.15) is 0 Å². The van der Waals surface area contributed by atoms with E-state index in [0.29, 0.717) is 23.5 Å². The normalized spacial score (nSPS) is 18.4. The minimum absolute atomic E-state index is 0.00199. The molecule has 0 heterocycles. The second kappa shape index (κ2) is 10.1. The van der Waals surface area contributed by atoms with Gasteiger partial charge in [0.15, 0.2) is 11.5 Å². The van der Waals surface area contributed by atoms with Crippen LogP contribution < -0.4 is 14.8 Å². The molecule has 1 amide bonds. The first kappa shape index (κ1) is 21.7. The van der Waals surface area contributed by atoms with Crippen LogP contribution in [-0.4, -0.2) is 38.7 Å². The first-order valence-corrected chi connectivity index (χ1v) is 10.4. The molecule has 1 saturated carbocycles. The molecule has 2 aromatic carbocycles. The summed E-state index contributed by atoms with van der Waals surface area (Å²) in [7, 11) is 2.97. The molecule has 2 unspecified atom stereocenters. The van der Waals surface area contributed by atoms with Crippen LogP contribution >= 0.6 is 0 Å². The van der Waals surface area contributed by atoms with Crippen LogP contribution in [0.5, 0.6) is 11.5 Å². The number of methoxy groups -OCH3 is 2. The lowest BCUT2D eigenvalue weighted by molar-refractivity contribution is 0.0600. The standard InChI is InChI=1S/C24H29NO5/c1-4-30-22-19(9-7-11-21(22)28-2)18-8-5-6-10-20(18)25-23(26)16-12-14-17(15-13-16)24(27)29-3/h7,9,11-15,18,20H,4-6,8,10H2,1-3H3,(H,25,26). The molecule has 0 bridgehead atoms. The van der Waals surface area contributed by atoms with Gasteiger partial charge in [-0.25, -0.2) is 4.79 Å². The van der Waals surface area contributed by atoms with Crippen molar-refractivity contribution >= 4 is 11.9 Å². The topological polar surface area (TPSA) is 73.9 Å². The van der Waals surface area contributed by atoms with Crippen molar-refractivity contribution in [3.05, 3.63) is 59.2 Å². The van der Waals surface area contributed by atoms with Gasteiger partial charge in [0.2, 0.25) is 0 Å². The third-order valence-electron chi connectivity index (χ3n) is 5.57. The summed E-state index contributed by atoms with van der Waals surface area (Å²) < 4.78 is 16.1. The smallest absolute Gasteiger partial charge is 0.337 e. The third-order valence-corrected chi connectivity index (χ3v) is 5.57. The number of amides is 1. The van der Waals surface area contributed by atoms with Crippen molar-refractivity contribution in [2.45, 2.75) is 44.6 Å². The lowest BCUT2D eigenvalue weighted by Gasteiger charge is -2.33. The second-order valence-corrected chi connectivity index (χ2v) is 7.35. The number of rotatable bonds is 7. The van der Waals surface area contributed by atoms with E-state index in [2.05, 4.69) is 11.4 Å². The fourth-order valence-electron chi connectivity index (χ4n) is 4.09. The monoisotopic (exact) mass is 411 g/mol. The molecule has 160 valence electrons. The Bertz CT molecular complexity index is 878. The van der Waals surface area contributed by atoms with Crippen LogP contribution in [0.15, 0.2) is 42.5 Å². The van der Waals surface area contributed by atoms with Gasteiger partial charge in [-0.05, 0) is 50.1 Å². The highest BCUT2D eigenvalue weighted by atomic mass is 16.5. The van der Waals surface area contributed by atoms with Crippen LogP contribution in [0.1, 0.15) is 64.8 Å². The van der Waals surface area contributed by atoms with Gasteiger partial charge in [-0.1, -0.05) is 25.0 Å². The van der Waals surface area contributed by atoms with E-state index in [1.165, 1.54) is 7.11 Å². The zero-order valence-electron chi connectivity index (χ0n) is 17.8.